The Balaban J connectivity index is 1.45. The summed E-state index contributed by atoms with van der Waals surface area (Å²) in [5, 5.41) is 15.4. The van der Waals surface area contributed by atoms with Gasteiger partial charge in [-0.05, 0) is 85.7 Å². The zero-order chi connectivity index (χ0) is 24.2. The molecule has 4 aromatic rings. The average Bonchev–Trinajstić information content (AvgIpc) is 3.13. The summed E-state index contributed by atoms with van der Waals surface area (Å²) >= 11 is 12.5. The Morgan fingerprint density at radius 3 is 2.12 bits per heavy atom. The minimum absolute atomic E-state index is 0.304. The normalized spacial score (nSPS) is 11.1. The second kappa shape index (κ2) is 10.1. The Hall–Kier alpha value is -3.61. The number of benzene rings is 3. The number of hydrogen-bond acceptors (Lipinski definition) is 3. The number of amides is 2. The van der Waals surface area contributed by atoms with Gasteiger partial charge in [0.25, 0.3) is 0 Å². The Morgan fingerprint density at radius 1 is 0.853 bits per heavy atom. The highest BCUT2D eigenvalue weighted by molar-refractivity contribution is 6.37. The number of aryl methyl sites for hydroxylation is 2. The Kier molecular flexibility index (Phi) is 7.01. The summed E-state index contributed by atoms with van der Waals surface area (Å²) < 4.78 is 1.87. The van der Waals surface area contributed by atoms with Gasteiger partial charge in [0.2, 0.25) is 0 Å². The van der Waals surface area contributed by atoms with Crippen molar-refractivity contribution in [3.05, 3.63) is 93.2 Å². The standard InChI is InChI=1S/C26H23Cl2N5O/c1-16-13-17(2)15-20(14-16)30-26(34)29-19-9-7-18(8-10-19)25-32-31-24(33(25)3)12-11-21-22(27)5-4-6-23(21)28/h4-15H,1-3H3,(H2,29,30,34)/b12-11+. The summed E-state index contributed by atoms with van der Waals surface area (Å²) in [6.07, 6.45) is 3.64. The second-order valence-corrected chi connectivity index (χ2v) is 8.76. The van der Waals surface area contributed by atoms with Crippen molar-refractivity contribution in [2.45, 2.75) is 13.8 Å². The number of anilines is 2. The zero-order valence-corrected chi connectivity index (χ0v) is 20.4. The van der Waals surface area contributed by atoms with Crippen molar-refractivity contribution >= 4 is 52.8 Å². The van der Waals surface area contributed by atoms with Gasteiger partial charge in [0.15, 0.2) is 11.6 Å². The summed E-state index contributed by atoms with van der Waals surface area (Å²) in [5.74, 6) is 1.34. The zero-order valence-electron chi connectivity index (χ0n) is 18.9. The van der Waals surface area contributed by atoms with Gasteiger partial charge < -0.3 is 15.2 Å². The van der Waals surface area contributed by atoms with Crippen LogP contribution in [0.4, 0.5) is 16.2 Å². The number of nitrogens with zero attached hydrogens (tertiary/aromatic N) is 3. The van der Waals surface area contributed by atoms with E-state index in [0.29, 0.717) is 27.4 Å². The molecule has 3 aromatic carbocycles. The Bertz CT molecular complexity index is 1340. The number of nitrogens with one attached hydrogen (secondary N) is 2. The molecule has 0 saturated heterocycles. The smallest absolute Gasteiger partial charge is 0.311 e. The van der Waals surface area contributed by atoms with Gasteiger partial charge >= 0.3 is 6.03 Å². The van der Waals surface area contributed by atoms with Gasteiger partial charge in [-0.25, -0.2) is 4.79 Å². The number of aromatic nitrogens is 3. The molecule has 0 radical (unpaired) electrons. The van der Waals surface area contributed by atoms with Gasteiger partial charge in [0.05, 0.1) is 0 Å². The minimum Gasteiger partial charge on any atom is -0.311 e. The average molecular weight is 492 g/mol. The van der Waals surface area contributed by atoms with Crippen LogP contribution >= 0.6 is 23.2 Å². The van der Waals surface area contributed by atoms with E-state index in [4.69, 9.17) is 23.2 Å². The van der Waals surface area contributed by atoms with Gasteiger partial charge in [-0.15, -0.1) is 10.2 Å². The maximum absolute atomic E-state index is 12.4. The first-order valence-electron chi connectivity index (χ1n) is 10.6. The fraction of sp³-hybridized carbons (Fsp3) is 0.115. The minimum atomic E-state index is -0.304. The molecule has 2 amide bonds. The topological polar surface area (TPSA) is 71.8 Å². The highest BCUT2D eigenvalue weighted by Crippen LogP contribution is 2.27. The third-order valence-corrected chi connectivity index (χ3v) is 5.85. The molecular weight excluding hydrogens is 469 g/mol. The second-order valence-electron chi connectivity index (χ2n) is 7.94. The van der Waals surface area contributed by atoms with Crippen molar-refractivity contribution in [1.82, 2.24) is 14.8 Å². The molecule has 0 fully saturated rings. The molecule has 0 atom stereocenters. The molecular formula is C26H23Cl2N5O. The van der Waals surface area contributed by atoms with Crippen LogP contribution < -0.4 is 10.6 Å². The molecule has 172 valence electrons. The molecule has 4 rings (SSSR count). The van der Waals surface area contributed by atoms with Crippen molar-refractivity contribution in [3.8, 4) is 11.4 Å². The van der Waals surface area contributed by atoms with Crippen molar-refractivity contribution in [3.63, 3.8) is 0 Å². The number of urea groups is 1. The molecule has 34 heavy (non-hydrogen) atoms. The molecule has 1 heterocycles. The van der Waals surface area contributed by atoms with Crippen molar-refractivity contribution in [2.75, 3.05) is 10.6 Å². The van der Waals surface area contributed by atoms with E-state index in [-0.39, 0.29) is 6.03 Å². The largest absolute Gasteiger partial charge is 0.323 e. The van der Waals surface area contributed by atoms with E-state index in [9.17, 15) is 4.79 Å². The lowest BCUT2D eigenvalue weighted by Crippen LogP contribution is -2.19. The molecule has 0 saturated carbocycles. The molecule has 0 unspecified atom stereocenters. The lowest BCUT2D eigenvalue weighted by atomic mass is 10.1. The first kappa shape index (κ1) is 23.5. The number of carbonyl (C=O) groups is 1. The lowest BCUT2D eigenvalue weighted by Gasteiger charge is -2.10. The number of carbonyl (C=O) groups excluding carboxylic acids is 1. The fourth-order valence-corrected chi connectivity index (χ4v) is 4.13. The van der Waals surface area contributed by atoms with Gasteiger partial charge in [0.1, 0.15) is 0 Å². The van der Waals surface area contributed by atoms with Crippen LogP contribution in [-0.4, -0.2) is 20.8 Å². The van der Waals surface area contributed by atoms with Crippen LogP contribution in [0.15, 0.2) is 60.7 Å². The van der Waals surface area contributed by atoms with E-state index < -0.39 is 0 Å². The molecule has 2 N–H and O–H groups in total. The maximum atomic E-state index is 12.4. The van der Waals surface area contributed by atoms with Crippen LogP contribution in [0.1, 0.15) is 22.5 Å². The molecule has 0 aliphatic heterocycles. The van der Waals surface area contributed by atoms with Crippen molar-refractivity contribution in [1.29, 1.82) is 0 Å². The predicted octanol–water partition coefficient (Wildman–Crippen LogP) is 7.22. The van der Waals surface area contributed by atoms with E-state index in [1.165, 1.54) is 0 Å². The highest BCUT2D eigenvalue weighted by Gasteiger charge is 2.10. The number of rotatable bonds is 5. The monoisotopic (exact) mass is 491 g/mol. The quantitative estimate of drug-likeness (QED) is 0.309. The third kappa shape index (κ3) is 5.47. The van der Waals surface area contributed by atoms with Crippen LogP contribution in [0.2, 0.25) is 10.0 Å². The van der Waals surface area contributed by atoms with E-state index in [0.717, 1.165) is 27.9 Å². The van der Waals surface area contributed by atoms with E-state index in [1.54, 1.807) is 18.2 Å². The number of hydrogen-bond donors (Lipinski definition) is 2. The van der Waals surface area contributed by atoms with Crippen LogP contribution in [-0.2, 0) is 7.05 Å². The SMILES string of the molecule is Cc1cc(C)cc(NC(=O)Nc2ccc(-c3nnc(/C=C/c4c(Cl)cccc4Cl)n3C)cc2)c1. The van der Waals surface area contributed by atoms with E-state index >= 15 is 0 Å². The summed E-state index contributed by atoms with van der Waals surface area (Å²) in [5.41, 5.74) is 5.20. The Labute approximate surface area is 208 Å². The van der Waals surface area contributed by atoms with Crippen LogP contribution in [0.5, 0.6) is 0 Å². The summed E-state index contributed by atoms with van der Waals surface area (Å²) in [6, 6.07) is 18.4. The Morgan fingerprint density at radius 2 is 1.47 bits per heavy atom. The predicted molar refractivity (Wildman–Crippen MR) is 140 cm³/mol. The van der Waals surface area contributed by atoms with Gasteiger partial charge in [0, 0.05) is 39.6 Å². The summed E-state index contributed by atoms with van der Waals surface area (Å²) in [6.45, 7) is 3.99. The van der Waals surface area contributed by atoms with Crippen LogP contribution in [0.3, 0.4) is 0 Å². The first-order valence-corrected chi connectivity index (χ1v) is 11.3. The lowest BCUT2D eigenvalue weighted by molar-refractivity contribution is 0.262. The summed E-state index contributed by atoms with van der Waals surface area (Å²) in [4.78, 5) is 12.4. The van der Waals surface area contributed by atoms with Gasteiger partial charge in [-0.1, -0.05) is 35.3 Å². The van der Waals surface area contributed by atoms with Crippen LogP contribution in [0.25, 0.3) is 23.5 Å². The van der Waals surface area contributed by atoms with Gasteiger partial charge in [-0.3, -0.25) is 0 Å². The molecule has 8 heteroatoms. The van der Waals surface area contributed by atoms with Crippen molar-refractivity contribution < 1.29 is 4.79 Å². The van der Waals surface area contributed by atoms with Crippen LogP contribution in [0, 0.1) is 13.8 Å². The van der Waals surface area contributed by atoms with Gasteiger partial charge in [-0.2, -0.15) is 0 Å². The molecule has 0 spiro atoms. The molecule has 0 aliphatic rings. The summed E-state index contributed by atoms with van der Waals surface area (Å²) in [7, 11) is 1.88. The third-order valence-electron chi connectivity index (χ3n) is 5.19. The van der Waals surface area contributed by atoms with E-state index in [1.807, 2.05) is 74.0 Å². The maximum Gasteiger partial charge on any atom is 0.323 e. The van der Waals surface area contributed by atoms with E-state index in [2.05, 4.69) is 26.9 Å². The molecule has 6 nitrogen and oxygen atoms in total. The molecule has 1 aromatic heterocycles. The van der Waals surface area contributed by atoms with Crippen molar-refractivity contribution in [2.24, 2.45) is 7.05 Å². The highest BCUT2D eigenvalue weighted by atomic mass is 35.5. The molecule has 0 bridgehead atoms. The molecule has 0 aliphatic carbocycles. The first-order chi connectivity index (χ1) is 16.3. The number of halogens is 2. The fourth-order valence-electron chi connectivity index (χ4n) is 3.61.